The molecule has 0 N–H and O–H groups in total. The molecule has 0 radical (unpaired) electrons. The summed E-state index contributed by atoms with van der Waals surface area (Å²) >= 11 is 0. The zero-order chi connectivity index (χ0) is 15.3. The van der Waals surface area contributed by atoms with Crippen molar-refractivity contribution in [1.82, 2.24) is 9.97 Å². The summed E-state index contributed by atoms with van der Waals surface area (Å²) in [5, 5.41) is 0. The van der Waals surface area contributed by atoms with Crippen LogP contribution in [0.3, 0.4) is 0 Å². The number of hydrogen-bond acceptors (Lipinski definition) is 6. The highest BCUT2D eigenvalue weighted by atomic mass is 16.5. The van der Waals surface area contributed by atoms with E-state index in [1.807, 2.05) is 0 Å². The van der Waals surface area contributed by atoms with Crippen molar-refractivity contribution >= 4 is 5.78 Å². The fourth-order valence-electron chi connectivity index (χ4n) is 2.79. The van der Waals surface area contributed by atoms with Crippen molar-refractivity contribution in [3.8, 4) is 11.8 Å². The molecule has 116 valence electrons. The molecule has 0 aliphatic heterocycles. The number of aromatic nitrogens is 2. The van der Waals surface area contributed by atoms with Crippen molar-refractivity contribution in [1.29, 1.82) is 0 Å². The highest BCUT2D eigenvalue weighted by Crippen LogP contribution is 2.34. The molecule has 1 aromatic rings. The monoisotopic (exact) mass is 294 g/mol. The van der Waals surface area contributed by atoms with E-state index in [1.165, 1.54) is 20.4 Å². The molecule has 2 rings (SSSR count). The van der Waals surface area contributed by atoms with Crippen molar-refractivity contribution in [2.24, 2.45) is 0 Å². The van der Waals surface area contributed by atoms with Gasteiger partial charge in [-0.1, -0.05) is 25.7 Å². The minimum atomic E-state index is -0.812. The second kappa shape index (κ2) is 6.85. The van der Waals surface area contributed by atoms with Gasteiger partial charge in [0.05, 0.1) is 20.4 Å². The van der Waals surface area contributed by atoms with Crippen LogP contribution in [0, 0.1) is 0 Å². The molecule has 0 saturated heterocycles. The lowest BCUT2D eigenvalue weighted by Crippen LogP contribution is -2.41. The van der Waals surface area contributed by atoms with E-state index < -0.39 is 5.60 Å². The lowest BCUT2D eigenvalue weighted by molar-refractivity contribution is -0.00759. The van der Waals surface area contributed by atoms with E-state index in [1.54, 1.807) is 7.11 Å². The maximum absolute atomic E-state index is 12.9. The topological polar surface area (TPSA) is 70.5 Å². The van der Waals surface area contributed by atoms with Gasteiger partial charge >= 0.3 is 0 Å². The molecule has 1 aromatic heterocycles. The Balaban J connectivity index is 2.36. The lowest BCUT2D eigenvalue weighted by atomic mass is 9.87. The minimum absolute atomic E-state index is 0.154. The third-order valence-electron chi connectivity index (χ3n) is 4.05. The molecule has 0 bridgehead atoms. The van der Waals surface area contributed by atoms with Crippen LogP contribution in [-0.4, -0.2) is 42.7 Å². The summed E-state index contributed by atoms with van der Waals surface area (Å²) in [6.45, 7) is 0. The Labute approximate surface area is 124 Å². The van der Waals surface area contributed by atoms with Crippen molar-refractivity contribution < 1.29 is 19.0 Å². The first-order valence-electron chi connectivity index (χ1n) is 7.22. The summed E-state index contributed by atoms with van der Waals surface area (Å²) in [6.07, 6.45) is 7.05. The van der Waals surface area contributed by atoms with Crippen LogP contribution in [0.4, 0.5) is 0 Å². The third-order valence-corrected chi connectivity index (χ3v) is 4.05. The molecule has 0 spiro atoms. The molecule has 21 heavy (non-hydrogen) atoms. The van der Waals surface area contributed by atoms with E-state index in [0.717, 1.165) is 25.7 Å². The number of carbonyl (C=O) groups is 1. The number of methoxy groups -OCH3 is 3. The van der Waals surface area contributed by atoms with Gasteiger partial charge in [-0.2, -0.15) is 4.98 Å². The van der Waals surface area contributed by atoms with Gasteiger partial charge < -0.3 is 14.2 Å². The highest BCUT2D eigenvalue weighted by molar-refractivity contribution is 6.02. The zero-order valence-electron chi connectivity index (χ0n) is 12.8. The SMILES string of the molecule is COc1cnc(C(=O)C2(OC)CCCCCC2)c(OC)n1. The number of Topliss-reactive ketones (excluding diaryl/α,β-unsaturated/α-hetero) is 1. The average molecular weight is 294 g/mol. The number of hydrogen-bond donors (Lipinski definition) is 0. The number of nitrogens with zero attached hydrogens (tertiary/aromatic N) is 2. The Morgan fingerprint density at radius 2 is 1.76 bits per heavy atom. The summed E-state index contributed by atoms with van der Waals surface area (Å²) in [7, 11) is 4.55. The molecule has 6 nitrogen and oxygen atoms in total. The molecule has 0 unspecified atom stereocenters. The van der Waals surface area contributed by atoms with Gasteiger partial charge in [0, 0.05) is 7.11 Å². The smallest absolute Gasteiger partial charge is 0.246 e. The molecule has 6 heteroatoms. The lowest BCUT2D eigenvalue weighted by Gasteiger charge is -2.29. The van der Waals surface area contributed by atoms with Crippen LogP contribution in [0.15, 0.2) is 6.20 Å². The van der Waals surface area contributed by atoms with Crippen LogP contribution < -0.4 is 9.47 Å². The number of rotatable bonds is 5. The molecular formula is C15H22N2O4. The van der Waals surface area contributed by atoms with Crippen LogP contribution in [0.25, 0.3) is 0 Å². The fraction of sp³-hybridized carbons (Fsp3) is 0.667. The standard InChI is InChI=1S/C15H22N2O4/c1-19-11-10-16-12(14(17-11)20-2)13(18)15(21-3)8-6-4-5-7-9-15/h10H,4-9H2,1-3H3. The predicted molar refractivity (Wildman–Crippen MR) is 76.9 cm³/mol. The van der Waals surface area contributed by atoms with Gasteiger partial charge in [-0.3, -0.25) is 4.79 Å². The van der Waals surface area contributed by atoms with Crippen LogP contribution in [0.5, 0.6) is 11.8 Å². The molecule has 1 aliphatic carbocycles. The van der Waals surface area contributed by atoms with E-state index in [9.17, 15) is 4.79 Å². The maximum Gasteiger partial charge on any atom is 0.246 e. The minimum Gasteiger partial charge on any atom is -0.480 e. The van der Waals surface area contributed by atoms with E-state index in [2.05, 4.69) is 9.97 Å². The quantitative estimate of drug-likeness (QED) is 0.613. The Hall–Kier alpha value is -1.69. The van der Waals surface area contributed by atoms with Crippen molar-refractivity contribution in [2.45, 2.75) is 44.1 Å². The van der Waals surface area contributed by atoms with Crippen LogP contribution >= 0.6 is 0 Å². The maximum atomic E-state index is 12.9. The van der Waals surface area contributed by atoms with Gasteiger partial charge in [0.25, 0.3) is 0 Å². The second-order valence-corrected chi connectivity index (χ2v) is 5.21. The van der Waals surface area contributed by atoms with Crippen LogP contribution in [-0.2, 0) is 4.74 Å². The highest BCUT2D eigenvalue weighted by Gasteiger charge is 2.41. The van der Waals surface area contributed by atoms with Gasteiger partial charge in [0.1, 0.15) is 5.60 Å². The third kappa shape index (κ3) is 3.15. The summed E-state index contributed by atoms with van der Waals surface area (Å²) in [5.74, 6) is 0.342. The molecule has 1 saturated carbocycles. The van der Waals surface area contributed by atoms with Crippen LogP contribution in [0.1, 0.15) is 49.0 Å². The van der Waals surface area contributed by atoms with E-state index in [-0.39, 0.29) is 17.4 Å². The number of carbonyl (C=O) groups excluding carboxylic acids is 1. The first-order chi connectivity index (χ1) is 10.2. The first-order valence-corrected chi connectivity index (χ1v) is 7.22. The zero-order valence-corrected chi connectivity index (χ0v) is 12.8. The predicted octanol–water partition coefficient (Wildman–Crippen LogP) is 2.42. The van der Waals surface area contributed by atoms with Crippen LogP contribution in [0.2, 0.25) is 0 Å². The average Bonchev–Trinajstić information content (AvgIpc) is 2.80. The molecule has 0 amide bonds. The van der Waals surface area contributed by atoms with Gasteiger partial charge in [-0.15, -0.1) is 0 Å². The van der Waals surface area contributed by atoms with E-state index in [0.29, 0.717) is 18.7 Å². The van der Waals surface area contributed by atoms with E-state index in [4.69, 9.17) is 14.2 Å². The summed E-state index contributed by atoms with van der Waals surface area (Å²) in [6, 6.07) is 0. The summed E-state index contributed by atoms with van der Waals surface area (Å²) < 4.78 is 15.8. The Morgan fingerprint density at radius 3 is 2.29 bits per heavy atom. The molecule has 0 aromatic carbocycles. The molecule has 1 heterocycles. The fourth-order valence-corrected chi connectivity index (χ4v) is 2.79. The van der Waals surface area contributed by atoms with Gasteiger partial charge in [-0.25, -0.2) is 4.98 Å². The van der Waals surface area contributed by atoms with Gasteiger partial charge in [0.15, 0.2) is 5.69 Å². The molecule has 0 atom stereocenters. The second-order valence-electron chi connectivity index (χ2n) is 5.21. The number of ether oxygens (including phenoxy) is 3. The molecule has 1 fully saturated rings. The largest absolute Gasteiger partial charge is 0.480 e. The number of ketones is 1. The summed E-state index contributed by atoms with van der Waals surface area (Å²) in [5.41, 5.74) is -0.602. The normalized spacial score (nSPS) is 17.9. The van der Waals surface area contributed by atoms with Crippen molar-refractivity contribution in [3.63, 3.8) is 0 Å². The van der Waals surface area contributed by atoms with Gasteiger partial charge in [-0.05, 0) is 12.8 Å². The Morgan fingerprint density at radius 1 is 1.10 bits per heavy atom. The van der Waals surface area contributed by atoms with Gasteiger partial charge in [0.2, 0.25) is 17.5 Å². The Kier molecular flexibility index (Phi) is 5.12. The van der Waals surface area contributed by atoms with Crippen molar-refractivity contribution in [3.05, 3.63) is 11.9 Å². The molecular weight excluding hydrogens is 272 g/mol. The Bertz CT molecular complexity index is 496. The summed E-state index contributed by atoms with van der Waals surface area (Å²) in [4.78, 5) is 21.2. The molecule has 1 aliphatic rings. The van der Waals surface area contributed by atoms with Crippen molar-refractivity contribution in [2.75, 3.05) is 21.3 Å². The van der Waals surface area contributed by atoms with E-state index >= 15 is 0 Å². The first kappa shape index (κ1) is 15.7.